The van der Waals surface area contributed by atoms with Crippen LogP contribution in [0.2, 0.25) is 0 Å². The Morgan fingerprint density at radius 1 is 0.739 bits per heavy atom. The SMILES string of the molecule is CCCCCC/C=C\CC(O)CC(=O)NC(COP(=O)(O)OCCN)C(O)/C=C/CCCCCCCCCCCCCCCCC. The first-order chi connectivity index (χ1) is 22.3. The van der Waals surface area contributed by atoms with Gasteiger partial charge in [0.25, 0.3) is 0 Å². The molecular formula is C36H71N2O7P. The monoisotopic (exact) mass is 674 g/mol. The van der Waals surface area contributed by atoms with Gasteiger partial charge < -0.3 is 26.2 Å². The summed E-state index contributed by atoms with van der Waals surface area (Å²) in [7, 11) is -4.39. The zero-order valence-electron chi connectivity index (χ0n) is 29.4. The zero-order valence-corrected chi connectivity index (χ0v) is 30.3. The highest BCUT2D eigenvalue weighted by atomic mass is 31.2. The molecule has 0 bridgehead atoms. The summed E-state index contributed by atoms with van der Waals surface area (Å²) >= 11 is 0. The normalized spacial score (nSPS) is 15.3. The average molecular weight is 675 g/mol. The van der Waals surface area contributed by atoms with Gasteiger partial charge in [0.2, 0.25) is 5.91 Å². The number of aliphatic hydroxyl groups excluding tert-OH is 2. The van der Waals surface area contributed by atoms with Gasteiger partial charge in [-0.05, 0) is 32.1 Å². The van der Waals surface area contributed by atoms with E-state index in [-0.39, 0.29) is 19.6 Å². The number of carbonyl (C=O) groups is 1. The van der Waals surface area contributed by atoms with E-state index < -0.39 is 38.6 Å². The third-order valence-electron chi connectivity index (χ3n) is 8.08. The van der Waals surface area contributed by atoms with Crippen LogP contribution in [0.3, 0.4) is 0 Å². The van der Waals surface area contributed by atoms with E-state index in [0.717, 1.165) is 32.1 Å². The number of rotatable bonds is 34. The first-order valence-electron chi connectivity index (χ1n) is 18.5. The summed E-state index contributed by atoms with van der Waals surface area (Å²) in [5.74, 6) is -0.483. The Labute approximate surface area is 281 Å². The number of phosphoric ester groups is 1. The zero-order chi connectivity index (χ0) is 34.1. The lowest BCUT2D eigenvalue weighted by Gasteiger charge is -2.23. The maximum atomic E-state index is 12.6. The smallest absolute Gasteiger partial charge is 0.392 e. The molecule has 0 aromatic heterocycles. The second-order valence-electron chi connectivity index (χ2n) is 12.6. The molecule has 0 saturated heterocycles. The molecule has 0 aromatic carbocycles. The Morgan fingerprint density at radius 2 is 1.22 bits per heavy atom. The maximum absolute atomic E-state index is 12.6. The van der Waals surface area contributed by atoms with Crippen LogP contribution >= 0.6 is 7.82 Å². The van der Waals surface area contributed by atoms with Crippen molar-refractivity contribution >= 4 is 13.7 Å². The molecule has 0 rings (SSSR count). The number of carbonyl (C=O) groups excluding carboxylic acids is 1. The molecule has 0 radical (unpaired) electrons. The summed E-state index contributed by atoms with van der Waals surface area (Å²) in [4.78, 5) is 22.5. The van der Waals surface area contributed by atoms with Crippen molar-refractivity contribution in [2.75, 3.05) is 19.8 Å². The van der Waals surface area contributed by atoms with Gasteiger partial charge in [-0.15, -0.1) is 0 Å². The summed E-state index contributed by atoms with van der Waals surface area (Å²) in [5.41, 5.74) is 5.33. The molecular weight excluding hydrogens is 603 g/mol. The van der Waals surface area contributed by atoms with Gasteiger partial charge >= 0.3 is 7.82 Å². The summed E-state index contributed by atoms with van der Waals surface area (Å²) in [5, 5.41) is 23.7. The Morgan fingerprint density at radius 3 is 1.74 bits per heavy atom. The Kier molecular flexibility index (Phi) is 31.7. The van der Waals surface area contributed by atoms with Crippen LogP contribution in [-0.4, -0.2) is 59.0 Å². The summed E-state index contributed by atoms with van der Waals surface area (Å²) in [6, 6.07) is -0.993. The van der Waals surface area contributed by atoms with Gasteiger partial charge in [-0.1, -0.05) is 147 Å². The van der Waals surface area contributed by atoms with Gasteiger partial charge in [0.15, 0.2) is 0 Å². The summed E-state index contributed by atoms with van der Waals surface area (Å²) in [6.07, 6.45) is 31.5. The van der Waals surface area contributed by atoms with Crippen LogP contribution in [0, 0.1) is 0 Å². The average Bonchev–Trinajstić information content (AvgIpc) is 3.03. The minimum Gasteiger partial charge on any atom is -0.392 e. The number of amides is 1. The van der Waals surface area contributed by atoms with E-state index in [1.807, 2.05) is 18.2 Å². The number of aliphatic hydroxyl groups is 2. The predicted molar refractivity (Wildman–Crippen MR) is 191 cm³/mol. The highest BCUT2D eigenvalue weighted by Gasteiger charge is 2.27. The lowest BCUT2D eigenvalue weighted by atomic mass is 10.0. The molecule has 4 atom stereocenters. The van der Waals surface area contributed by atoms with Gasteiger partial charge in [0.05, 0.1) is 37.9 Å². The molecule has 0 aliphatic carbocycles. The van der Waals surface area contributed by atoms with E-state index in [1.54, 1.807) is 6.08 Å². The van der Waals surface area contributed by atoms with Gasteiger partial charge in [-0.3, -0.25) is 13.8 Å². The van der Waals surface area contributed by atoms with Gasteiger partial charge in [-0.2, -0.15) is 0 Å². The van der Waals surface area contributed by atoms with Crippen molar-refractivity contribution in [1.29, 1.82) is 0 Å². The molecule has 0 spiro atoms. The van der Waals surface area contributed by atoms with Gasteiger partial charge in [-0.25, -0.2) is 4.57 Å². The van der Waals surface area contributed by atoms with Crippen molar-refractivity contribution in [1.82, 2.24) is 5.32 Å². The number of nitrogens with one attached hydrogen (secondary N) is 1. The number of allylic oxidation sites excluding steroid dienone is 2. The first kappa shape index (κ1) is 44.9. The number of unbranched alkanes of at least 4 members (excludes halogenated alkanes) is 19. The fourth-order valence-electron chi connectivity index (χ4n) is 5.23. The largest absolute Gasteiger partial charge is 0.472 e. The lowest BCUT2D eigenvalue weighted by Crippen LogP contribution is -2.46. The van der Waals surface area contributed by atoms with Gasteiger partial charge in [0.1, 0.15) is 0 Å². The number of nitrogens with two attached hydrogens (primary N) is 1. The molecule has 0 heterocycles. The van der Waals surface area contributed by atoms with E-state index >= 15 is 0 Å². The van der Waals surface area contributed by atoms with Crippen LogP contribution in [0.15, 0.2) is 24.3 Å². The van der Waals surface area contributed by atoms with Crippen LogP contribution in [0.5, 0.6) is 0 Å². The van der Waals surface area contributed by atoms with Crippen LogP contribution in [0.25, 0.3) is 0 Å². The number of hydrogen-bond acceptors (Lipinski definition) is 7. The molecule has 272 valence electrons. The molecule has 0 fully saturated rings. The van der Waals surface area contributed by atoms with Crippen molar-refractivity contribution < 1.29 is 33.5 Å². The third kappa shape index (κ3) is 30.3. The molecule has 1 amide bonds. The van der Waals surface area contributed by atoms with Crippen molar-refractivity contribution in [3.05, 3.63) is 24.3 Å². The molecule has 0 saturated carbocycles. The molecule has 46 heavy (non-hydrogen) atoms. The highest BCUT2D eigenvalue weighted by molar-refractivity contribution is 7.47. The van der Waals surface area contributed by atoms with Crippen LogP contribution in [-0.2, 0) is 18.4 Å². The van der Waals surface area contributed by atoms with Crippen molar-refractivity contribution in [2.24, 2.45) is 5.73 Å². The summed E-state index contributed by atoms with van der Waals surface area (Å²) < 4.78 is 21.9. The molecule has 0 aliphatic heterocycles. The van der Waals surface area contributed by atoms with Crippen molar-refractivity contribution in [3.63, 3.8) is 0 Å². The Bertz CT molecular complexity index is 796. The fourth-order valence-corrected chi connectivity index (χ4v) is 5.99. The predicted octanol–water partition coefficient (Wildman–Crippen LogP) is 8.41. The minimum absolute atomic E-state index is 0.0455. The molecule has 0 aliphatic rings. The fraction of sp³-hybridized carbons (Fsp3) is 0.861. The molecule has 4 unspecified atom stereocenters. The van der Waals surface area contributed by atoms with E-state index in [4.69, 9.17) is 14.8 Å². The van der Waals surface area contributed by atoms with E-state index in [2.05, 4.69) is 19.2 Å². The van der Waals surface area contributed by atoms with E-state index in [1.165, 1.54) is 103 Å². The van der Waals surface area contributed by atoms with Gasteiger partial charge in [0, 0.05) is 6.54 Å². The quantitative estimate of drug-likeness (QED) is 0.0259. The Hall–Kier alpha value is -1.06. The van der Waals surface area contributed by atoms with E-state index in [9.17, 15) is 24.5 Å². The minimum atomic E-state index is -4.39. The first-order valence-corrected chi connectivity index (χ1v) is 20.0. The van der Waals surface area contributed by atoms with Crippen LogP contribution < -0.4 is 11.1 Å². The molecule has 9 nitrogen and oxygen atoms in total. The number of hydrogen-bond donors (Lipinski definition) is 5. The Balaban J connectivity index is 4.42. The molecule has 0 aromatic rings. The second kappa shape index (κ2) is 32.5. The third-order valence-corrected chi connectivity index (χ3v) is 9.06. The van der Waals surface area contributed by atoms with Crippen LogP contribution in [0.4, 0.5) is 0 Å². The topological polar surface area (TPSA) is 151 Å². The maximum Gasteiger partial charge on any atom is 0.472 e. The second-order valence-corrected chi connectivity index (χ2v) is 14.1. The highest BCUT2D eigenvalue weighted by Crippen LogP contribution is 2.43. The summed E-state index contributed by atoms with van der Waals surface area (Å²) in [6.45, 7) is 3.87. The lowest BCUT2D eigenvalue weighted by molar-refractivity contribution is -0.124. The number of phosphoric acid groups is 1. The standard InChI is InChI=1S/C36H71N2O7P/c1-3-5-7-9-11-12-13-14-15-16-17-18-19-20-22-24-26-28-35(40)34(32-45-46(42,43)44-30-29-37)38-36(41)31-33(39)27-25-23-21-10-8-6-4-2/h23,25-26,28,33-35,39-40H,3-22,24,27,29-32,37H2,1-2H3,(H,38,41)(H,42,43)/b25-23-,28-26+. The van der Waals surface area contributed by atoms with Crippen LogP contribution in [0.1, 0.15) is 162 Å². The molecule has 6 N–H and O–H groups in total. The van der Waals surface area contributed by atoms with E-state index in [0.29, 0.717) is 6.42 Å². The van der Waals surface area contributed by atoms with Crippen molar-refractivity contribution in [3.8, 4) is 0 Å². The van der Waals surface area contributed by atoms with Crippen molar-refractivity contribution in [2.45, 2.75) is 180 Å². The molecule has 10 heteroatoms.